The van der Waals surface area contributed by atoms with Gasteiger partial charge in [-0.1, -0.05) is 32.9 Å². The zero-order valence-corrected chi connectivity index (χ0v) is 15.0. The van der Waals surface area contributed by atoms with Crippen LogP contribution in [0.4, 0.5) is 0 Å². The van der Waals surface area contributed by atoms with E-state index in [2.05, 4.69) is 22.9 Å². The fourth-order valence-electron chi connectivity index (χ4n) is 2.27. The largest absolute Gasteiger partial charge is 0.496 e. The number of nitrogens with one attached hydrogen (secondary N) is 3. The van der Waals surface area contributed by atoms with Crippen molar-refractivity contribution in [2.24, 2.45) is 5.92 Å². The molecule has 6 heteroatoms. The first-order valence-electron chi connectivity index (χ1n) is 8.43. The lowest BCUT2D eigenvalue weighted by Crippen LogP contribution is -2.50. The number of ether oxygens (including phenoxy) is 1. The molecule has 1 aromatic rings. The van der Waals surface area contributed by atoms with E-state index in [0.717, 1.165) is 13.0 Å². The molecule has 1 aromatic carbocycles. The van der Waals surface area contributed by atoms with Crippen molar-refractivity contribution in [2.45, 2.75) is 33.2 Å². The minimum atomic E-state index is -0.589. The van der Waals surface area contributed by atoms with E-state index in [-0.39, 0.29) is 17.7 Å². The van der Waals surface area contributed by atoms with Gasteiger partial charge in [0.05, 0.1) is 12.7 Å². The van der Waals surface area contributed by atoms with Gasteiger partial charge in [0, 0.05) is 13.1 Å². The highest BCUT2D eigenvalue weighted by Crippen LogP contribution is 2.17. The molecule has 1 unspecified atom stereocenters. The van der Waals surface area contributed by atoms with Gasteiger partial charge in [-0.3, -0.25) is 9.59 Å². The molecule has 0 bridgehead atoms. The van der Waals surface area contributed by atoms with E-state index in [1.807, 2.05) is 13.8 Å². The molecule has 0 heterocycles. The van der Waals surface area contributed by atoms with Gasteiger partial charge in [0.15, 0.2) is 0 Å². The van der Waals surface area contributed by atoms with Crippen molar-refractivity contribution >= 4 is 11.8 Å². The average molecular weight is 335 g/mol. The summed E-state index contributed by atoms with van der Waals surface area (Å²) in [6.45, 7) is 8.07. The Morgan fingerprint density at radius 3 is 2.46 bits per heavy atom. The summed E-state index contributed by atoms with van der Waals surface area (Å²) in [5.41, 5.74) is 0.420. The van der Waals surface area contributed by atoms with Crippen LogP contribution in [0.25, 0.3) is 0 Å². The summed E-state index contributed by atoms with van der Waals surface area (Å²) in [6, 6.07) is 6.37. The van der Waals surface area contributed by atoms with Gasteiger partial charge in [-0.05, 0) is 31.0 Å². The minimum absolute atomic E-state index is 0.0211. The Morgan fingerprint density at radius 1 is 1.12 bits per heavy atom. The van der Waals surface area contributed by atoms with Gasteiger partial charge in [0.2, 0.25) is 5.91 Å². The van der Waals surface area contributed by atoms with E-state index < -0.39 is 6.04 Å². The molecule has 2 amide bonds. The predicted octanol–water partition coefficient (Wildman–Crippen LogP) is 1.57. The third-order valence-corrected chi connectivity index (χ3v) is 3.62. The van der Waals surface area contributed by atoms with Crippen LogP contribution in [0.5, 0.6) is 5.75 Å². The summed E-state index contributed by atoms with van der Waals surface area (Å²) in [7, 11) is 1.52. The Bertz CT molecular complexity index is 532. The van der Waals surface area contributed by atoms with E-state index in [9.17, 15) is 9.59 Å². The van der Waals surface area contributed by atoms with E-state index in [4.69, 9.17) is 4.74 Å². The highest BCUT2D eigenvalue weighted by Gasteiger charge is 2.25. The minimum Gasteiger partial charge on any atom is -0.496 e. The van der Waals surface area contributed by atoms with E-state index in [1.165, 1.54) is 7.11 Å². The lowest BCUT2D eigenvalue weighted by molar-refractivity contribution is -0.123. The number of carbonyl (C=O) groups excluding carboxylic acids is 2. The van der Waals surface area contributed by atoms with Gasteiger partial charge in [0.1, 0.15) is 11.8 Å². The molecule has 0 aliphatic heterocycles. The Kier molecular flexibility index (Phi) is 8.86. The molecule has 134 valence electrons. The molecule has 0 saturated carbocycles. The number of para-hydroxylation sites is 1. The molecule has 1 rings (SSSR count). The van der Waals surface area contributed by atoms with Crippen molar-refractivity contribution in [2.75, 3.05) is 26.7 Å². The van der Waals surface area contributed by atoms with Crippen LogP contribution in [-0.4, -0.2) is 44.6 Å². The van der Waals surface area contributed by atoms with Gasteiger partial charge >= 0.3 is 0 Å². The van der Waals surface area contributed by atoms with Gasteiger partial charge in [-0.15, -0.1) is 0 Å². The quantitative estimate of drug-likeness (QED) is 0.567. The van der Waals surface area contributed by atoms with E-state index >= 15 is 0 Å². The molecule has 0 aromatic heterocycles. The van der Waals surface area contributed by atoms with E-state index in [1.54, 1.807) is 24.3 Å². The molecule has 0 aliphatic rings. The smallest absolute Gasteiger partial charge is 0.255 e. The summed E-state index contributed by atoms with van der Waals surface area (Å²) >= 11 is 0. The molecular formula is C18H29N3O3. The molecule has 1 atom stereocenters. The first-order valence-corrected chi connectivity index (χ1v) is 8.43. The highest BCUT2D eigenvalue weighted by molar-refractivity contribution is 5.99. The number of amides is 2. The number of rotatable bonds is 10. The second-order valence-electron chi connectivity index (χ2n) is 5.94. The fourth-order valence-corrected chi connectivity index (χ4v) is 2.27. The van der Waals surface area contributed by atoms with Crippen LogP contribution in [0.3, 0.4) is 0 Å². The third kappa shape index (κ3) is 6.20. The molecule has 0 aliphatic carbocycles. The third-order valence-electron chi connectivity index (χ3n) is 3.62. The number of benzene rings is 1. The number of hydrogen-bond donors (Lipinski definition) is 3. The number of hydrogen-bond acceptors (Lipinski definition) is 4. The molecule has 24 heavy (non-hydrogen) atoms. The molecule has 0 fully saturated rings. The maximum absolute atomic E-state index is 12.5. The first kappa shape index (κ1) is 20.0. The molecule has 0 spiro atoms. The van der Waals surface area contributed by atoms with Crippen LogP contribution in [-0.2, 0) is 4.79 Å². The van der Waals surface area contributed by atoms with Gasteiger partial charge in [0.25, 0.3) is 5.91 Å². The van der Waals surface area contributed by atoms with Crippen LogP contribution in [0.1, 0.15) is 37.6 Å². The van der Waals surface area contributed by atoms with Crippen LogP contribution >= 0.6 is 0 Å². The Balaban J connectivity index is 2.65. The normalized spacial score (nSPS) is 11.9. The topological polar surface area (TPSA) is 79.5 Å². The Morgan fingerprint density at radius 2 is 1.83 bits per heavy atom. The summed E-state index contributed by atoms with van der Waals surface area (Å²) in [5, 5.41) is 8.89. The molecule has 0 saturated heterocycles. The van der Waals surface area contributed by atoms with Crippen molar-refractivity contribution in [3.63, 3.8) is 0 Å². The summed E-state index contributed by atoms with van der Waals surface area (Å²) in [4.78, 5) is 24.8. The van der Waals surface area contributed by atoms with Gasteiger partial charge in [-0.25, -0.2) is 0 Å². The molecule has 3 N–H and O–H groups in total. The van der Waals surface area contributed by atoms with Crippen molar-refractivity contribution in [3.8, 4) is 5.75 Å². The summed E-state index contributed by atoms with van der Waals surface area (Å²) in [6.07, 6.45) is 1.05. The van der Waals surface area contributed by atoms with Crippen molar-refractivity contribution in [1.29, 1.82) is 0 Å². The monoisotopic (exact) mass is 335 g/mol. The van der Waals surface area contributed by atoms with Crippen LogP contribution in [0.15, 0.2) is 24.3 Å². The predicted molar refractivity (Wildman–Crippen MR) is 95.3 cm³/mol. The second-order valence-corrected chi connectivity index (χ2v) is 5.94. The Labute approximate surface area is 144 Å². The fraction of sp³-hybridized carbons (Fsp3) is 0.556. The molecular weight excluding hydrogens is 306 g/mol. The van der Waals surface area contributed by atoms with E-state index in [0.29, 0.717) is 24.4 Å². The van der Waals surface area contributed by atoms with Crippen LogP contribution in [0, 0.1) is 5.92 Å². The summed E-state index contributed by atoms with van der Waals surface area (Å²) in [5.74, 6) is -0.0223. The standard InChI is InChI=1S/C18H29N3O3/c1-5-10-19-11-12-20-18(23)16(13(2)3)21-17(22)14-8-6-7-9-15(14)24-4/h6-9,13,16,19H,5,10-12H2,1-4H3,(H,20,23)(H,21,22). The first-order chi connectivity index (χ1) is 11.5. The lowest BCUT2D eigenvalue weighted by Gasteiger charge is -2.22. The summed E-state index contributed by atoms with van der Waals surface area (Å²) < 4.78 is 5.20. The SMILES string of the molecule is CCCNCCNC(=O)C(NC(=O)c1ccccc1OC)C(C)C. The molecule has 0 radical (unpaired) electrons. The zero-order chi connectivity index (χ0) is 17.9. The lowest BCUT2D eigenvalue weighted by atomic mass is 10.0. The molecule has 6 nitrogen and oxygen atoms in total. The second kappa shape index (κ2) is 10.6. The Hall–Kier alpha value is -2.08. The van der Waals surface area contributed by atoms with Crippen molar-refractivity contribution in [1.82, 2.24) is 16.0 Å². The zero-order valence-electron chi connectivity index (χ0n) is 15.0. The van der Waals surface area contributed by atoms with Crippen molar-refractivity contribution < 1.29 is 14.3 Å². The number of carbonyl (C=O) groups is 2. The van der Waals surface area contributed by atoms with Crippen LogP contribution in [0.2, 0.25) is 0 Å². The van der Waals surface area contributed by atoms with Gasteiger partial charge < -0.3 is 20.7 Å². The van der Waals surface area contributed by atoms with Crippen molar-refractivity contribution in [3.05, 3.63) is 29.8 Å². The number of methoxy groups -OCH3 is 1. The van der Waals surface area contributed by atoms with Crippen LogP contribution < -0.4 is 20.7 Å². The maximum Gasteiger partial charge on any atom is 0.255 e. The highest BCUT2D eigenvalue weighted by atomic mass is 16.5. The maximum atomic E-state index is 12.5. The average Bonchev–Trinajstić information content (AvgIpc) is 2.58. The van der Waals surface area contributed by atoms with Gasteiger partial charge in [-0.2, -0.15) is 0 Å².